The van der Waals surface area contributed by atoms with Crippen LogP contribution in [0.5, 0.6) is 11.5 Å². The summed E-state index contributed by atoms with van der Waals surface area (Å²) in [6, 6.07) is 17.0. The van der Waals surface area contributed by atoms with Crippen LogP contribution in [-0.2, 0) is 9.59 Å². The van der Waals surface area contributed by atoms with Gasteiger partial charge in [-0.05, 0) is 48.5 Å². The van der Waals surface area contributed by atoms with Crippen LogP contribution in [0.4, 0.5) is 11.4 Å². The number of amides is 2. The first kappa shape index (κ1) is 17.5. The van der Waals surface area contributed by atoms with Gasteiger partial charge >= 0.3 is 0 Å². The van der Waals surface area contributed by atoms with E-state index < -0.39 is 0 Å². The lowest BCUT2D eigenvalue weighted by Gasteiger charge is -2.08. The number of benzene rings is 2. The summed E-state index contributed by atoms with van der Waals surface area (Å²) in [4.78, 5) is 22.7. The van der Waals surface area contributed by atoms with Gasteiger partial charge in [-0.3, -0.25) is 9.59 Å². The summed E-state index contributed by atoms with van der Waals surface area (Å²) in [6.45, 7) is 0. The molecule has 2 rings (SSSR count). The lowest BCUT2D eigenvalue weighted by atomic mass is 10.2. The van der Waals surface area contributed by atoms with Crippen molar-refractivity contribution in [2.75, 3.05) is 10.6 Å². The lowest BCUT2D eigenvalue weighted by Crippen LogP contribution is -2.09. The molecule has 0 unspecified atom stereocenters. The summed E-state index contributed by atoms with van der Waals surface area (Å²) < 4.78 is 5.66. The van der Waals surface area contributed by atoms with E-state index in [2.05, 4.69) is 10.6 Å². The molecule has 0 radical (unpaired) electrons. The Balaban J connectivity index is 1.94. The molecule has 7 nitrogen and oxygen atoms in total. The first-order valence-corrected chi connectivity index (χ1v) is 7.32. The van der Waals surface area contributed by atoms with Gasteiger partial charge < -0.3 is 15.4 Å². The Kier molecular flexibility index (Phi) is 6.10. The Morgan fingerprint density at radius 3 is 1.44 bits per heavy atom. The quantitative estimate of drug-likeness (QED) is 0.842. The largest absolute Gasteiger partial charge is 0.457 e. The predicted octanol–water partition coefficient (Wildman–Crippen LogP) is 3.18. The minimum Gasteiger partial charge on any atom is -0.457 e. The number of ether oxygens (including phenoxy) is 1. The molecule has 2 N–H and O–H groups in total. The topological polar surface area (TPSA) is 115 Å². The van der Waals surface area contributed by atoms with Gasteiger partial charge in [0.2, 0.25) is 11.8 Å². The number of hydrogen-bond acceptors (Lipinski definition) is 5. The summed E-state index contributed by atoms with van der Waals surface area (Å²) in [5.74, 6) is 0.398. The van der Waals surface area contributed by atoms with Crippen molar-refractivity contribution in [1.82, 2.24) is 0 Å². The average molecular weight is 334 g/mol. The predicted molar refractivity (Wildman–Crippen MR) is 90.7 cm³/mol. The Morgan fingerprint density at radius 2 is 1.12 bits per heavy atom. The molecule has 0 saturated heterocycles. The zero-order valence-electron chi connectivity index (χ0n) is 13.2. The molecule has 0 saturated carbocycles. The molecule has 0 atom stereocenters. The maximum Gasteiger partial charge on any atom is 0.238 e. The molecule has 2 amide bonds. The van der Waals surface area contributed by atoms with E-state index in [1.807, 2.05) is 0 Å². The van der Waals surface area contributed by atoms with Crippen molar-refractivity contribution in [1.29, 1.82) is 10.5 Å². The number of nitriles is 2. The smallest absolute Gasteiger partial charge is 0.238 e. The molecule has 0 bridgehead atoms. The highest BCUT2D eigenvalue weighted by atomic mass is 16.5. The van der Waals surface area contributed by atoms with Crippen molar-refractivity contribution in [3.8, 4) is 23.6 Å². The van der Waals surface area contributed by atoms with E-state index in [1.165, 1.54) is 0 Å². The monoisotopic (exact) mass is 334 g/mol. The van der Waals surface area contributed by atoms with Gasteiger partial charge in [0.25, 0.3) is 0 Å². The minimum atomic E-state index is -0.370. The number of nitrogens with one attached hydrogen (secondary N) is 2. The Labute approximate surface area is 144 Å². The van der Waals surface area contributed by atoms with Crippen LogP contribution >= 0.6 is 0 Å². The van der Waals surface area contributed by atoms with Crippen molar-refractivity contribution >= 4 is 23.2 Å². The molecular formula is C18H14N4O3. The molecule has 2 aromatic carbocycles. The average Bonchev–Trinajstić information content (AvgIpc) is 2.59. The van der Waals surface area contributed by atoms with E-state index >= 15 is 0 Å². The second kappa shape index (κ2) is 8.70. The van der Waals surface area contributed by atoms with Crippen molar-refractivity contribution in [2.24, 2.45) is 0 Å². The Bertz CT molecular complexity index is 759. The normalized spacial score (nSPS) is 9.36. The van der Waals surface area contributed by atoms with Crippen molar-refractivity contribution in [3.63, 3.8) is 0 Å². The van der Waals surface area contributed by atoms with Gasteiger partial charge in [-0.1, -0.05) is 0 Å². The molecule has 7 heteroatoms. The maximum atomic E-state index is 11.3. The molecule has 0 fully saturated rings. The number of anilines is 2. The summed E-state index contributed by atoms with van der Waals surface area (Å²) >= 11 is 0. The number of nitrogens with zero attached hydrogens (tertiary/aromatic N) is 2. The first-order chi connectivity index (χ1) is 12.1. The van der Waals surface area contributed by atoms with Crippen LogP contribution in [0.2, 0.25) is 0 Å². The fraction of sp³-hybridized carbons (Fsp3) is 0.111. The molecule has 124 valence electrons. The van der Waals surface area contributed by atoms with Crippen molar-refractivity contribution in [3.05, 3.63) is 48.5 Å². The summed E-state index contributed by atoms with van der Waals surface area (Å²) in [7, 11) is 0. The minimum absolute atomic E-state index is 0.199. The highest BCUT2D eigenvalue weighted by Crippen LogP contribution is 2.24. The highest BCUT2D eigenvalue weighted by molar-refractivity contribution is 5.92. The molecular weight excluding hydrogens is 320 g/mol. The third kappa shape index (κ3) is 5.70. The Morgan fingerprint density at radius 1 is 0.760 bits per heavy atom. The van der Waals surface area contributed by atoms with E-state index in [9.17, 15) is 9.59 Å². The summed E-state index contributed by atoms with van der Waals surface area (Å²) in [6.07, 6.45) is -0.398. The molecule has 0 heterocycles. The molecule has 0 aliphatic carbocycles. The summed E-state index contributed by atoms with van der Waals surface area (Å²) in [5, 5.41) is 22.1. The fourth-order valence-electron chi connectivity index (χ4n) is 1.90. The molecule has 2 aromatic rings. The zero-order valence-corrected chi connectivity index (χ0v) is 13.2. The highest BCUT2D eigenvalue weighted by Gasteiger charge is 2.04. The zero-order chi connectivity index (χ0) is 18.1. The second-order valence-corrected chi connectivity index (χ2v) is 4.92. The SMILES string of the molecule is N#CCC(=O)Nc1ccc(Oc2ccc(NC(=O)CC#N)cc2)cc1. The van der Waals surface area contributed by atoms with Gasteiger partial charge in [0, 0.05) is 11.4 Å². The van der Waals surface area contributed by atoms with E-state index in [1.54, 1.807) is 60.7 Å². The molecule has 0 spiro atoms. The van der Waals surface area contributed by atoms with Gasteiger partial charge in [0.05, 0.1) is 12.1 Å². The first-order valence-electron chi connectivity index (χ1n) is 7.32. The molecule has 0 aliphatic rings. The fourth-order valence-corrected chi connectivity index (χ4v) is 1.90. The van der Waals surface area contributed by atoms with Gasteiger partial charge in [0.1, 0.15) is 24.3 Å². The van der Waals surface area contributed by atoms with E-state index in [-0.39, 0.29) is 24.7 Å². The molecule has 0 aromatic heterocycles. The van der Waals surface area contributed by atoms with Crippen molar-refractivity contribution < 1.29 is 14.3 Å². The molecule has 0 aliphatic heterocycles. The van der Waals surface area contributed by atoms with Gasteiger partial charge in [-0.2, -0.15) is 10.5 Å². The second-order valence-electron chi connectivity index (χ2n) is 4.92. The summed E-state index contributed by atoms with van der Waals surface area (Å²) in [5.41, 5.74) is 1.14. The van der Waals surface area contributed by atoms with E-state index in [4.69, 9.17) is 15.3 Å². The van der Waals surface area contributed by atoms with Gasteiger partial charge in [-0.15, -0.1) is 0 Å². The van der Waals surface area contributed by atoms with Crippen LogP contribution in [0.15, 0.2) is 48.5 Å². The molecule has 25 heavy (non-hydrogen) atoms. The van der Waals surface area contributed by atoms with E-state index in [0.29, 0.717) is 22.9 Å². The third-order valence-corrected chi connectivity index (χ3v) is 2.99. The lowest BCUT2D eigenvalue weighted by molar-refractivity contribution is -0.116. The van der Waals surface area contributed by atoms with Gasteiger partial charge in [0.15, 0.2) is 0 Å². The van der Waals surface area contributed by atoms with Gasteiger partial charge in [-0.25, -0.2) is 0 Å². The van der Waals surface area contributed by atoms with Crippen LogP contribution in [0.25, 0.3) is 0 Å². The Hall–Kier alpha value is -3.84. The maximum absolute atomic E-state index is 11.3. The van der Waals surface area contributed by atoms with Crippen LogP contribution in [-0.4, -0.2) is 11.8 Å². The number of hydrogen-bond donors (Lipinski definition) is 2. The third-order valence-electron chi connectivity index (χ3n) is 2.99. The standard InChI is InChI=1S/C18H14N4O3/c19-11-9-17(23)21-13-1-5-15(6-2-13)25-16-7-3-14(4-8-16)22-18(24)10-12-20/h1-8H,9-10H2,(H,21,23)(H,22,24). The number of carbonyl (C=O) groups excluding carboxylic acids is 2. The van der Waals surface area contributed by atoms with Crippen LogP contribution in [0.3, 0.4) is 0 Å². The van der Waals surface area contributed by atoms with Crippen LogP contribution in [0, 0.1) is 22.7 Å². The number of carbonyl (C=O) groups is 2. The van der Waals surface area contributed by atoms with E-state index in [0.717, 1.165) is 0 Å². The van der Waals surface area contributed by atoms with Crippen LogP contribution in [0.1, 0.15) is 12.8 Å². The van der Waals surface area contributed by atoms with Crippen LogP contribution < -0.4 is 15.4 Å². The number of rotatable bonds is 6. The van der Waals surface area contributed by atoms with Crippen molar-refractivity contribution in [2.45, 2.75) is 12.8 Å².